The number of carboxylic acid groups (broad SMARTS) is 2. The molecule has 0 aromatic carbocycles. The number of halogens is 6. The lowest BCUT2D eigenvalue weighted by Gasteiger charge is -2.29. The summed E-state index contributed by atoms with van der Waals surface area (Å²) in [7, 11) is 2.76. The molecule has 0 unspecified atom stereocenters. The Bertz CT molecular complexity index is 583. The molecule has 14 heteroatoms. The average molecular weight is 471 g/mol. The summed E-state index contributed by atoms with van der Waals surface area (Å²) in [6.45, 7) is 0.272. The summed E-state index contributed by atoms with van der Waals surface area (Å²) >= 11 is 0. The Morgan fingerprint density at radius 3 is 1.97 bits per heavy atom. The number of carbonyl (C=O) groups is 3. The number of allylic oxidation sites excluding steroid dienone is 2. The van der Waals surface area contributed by atoms with Gasteiger partial charge in [0.25, 0.3) is 0 Å². The van der Waals surface area contributed by atoms with E-state index in [1.54, 1.807) is 6.08 Å². The van der Waals surface area contributed by atoms with Gasteiger partial charge < -0.3 is 15.5 Å². The van der Waals surface area contributed by atoms with Crippen molar-refractivity contribution < 1.29 is 50.9 Å². The van der Waals surface area contributed by atoms with Crippen molar-refractivity contribution in [1.29, 1.82) is 0 Å². The predicted molar refractivity (Wildman–Crippen MR) is 95.3 cm³/mol. The van der Waals surface area contributed by atoms with Crippen molar-refractivity contribution in [2.45, 2.75) is 31.6 Å². The van der Waals surface area contributed by atoms with E-state index in [9.17, 15) is 35.9 Å². The van der Waals surface area contributed by atoms with E-state index < -0.39 is 42.0 Å². The highest BCUT2D eigenvalue weighted by Crippen LogP contribution is 2.39. The molecule has 3 N–H and O–H groups in total. The van der Waals surface area contributed by atoms with Crippen LogP contribution in [0.3, 0.4) is 0 Å². The van der Waals surface area contributed by atoms with Crippen molar-refractivity contribution in [3.05, 3.63) is 12.2 Å². The first-order valence-corrected chi connectivity index (χ1v) is 10.5. The molecule has 2 atom stereocenters. The van der Waals surface area contributed by atoms with E-state index >= 15 is 0 Å². The number of nitrogens with one attached hydrogen (secondary N) is 1. The fourth-order valence-electron chi connectivity index (χ4n) is 2.06. The van der Waals surface area contributed by atoms with Crippen molar-refractivity contribution in [3.63, 3.8) is 0 Å². The van der Waals surface area contributed by atoms with E-state index in [1.807, 2.05) is 0 Å². The highest BCUT2D eigenvalue weighted by Gasteiger charge is 2.47. The first kappa shape index (κ1) is 27.4. The molecule has 1 amide bonds. The van der Waals surface area contributed by atoms with Crippen LogP contribution in [0.1, 0.15) is 19.3 Å². The summed E-state index contributed by atoms with van der Waals surface area (Å²) in [4.78, 5) is 31.1. The highest BCUT2D eigenvalue weighted by molar-refractivity contribution is 8.76. The number of carbonyl (C=O) groups excluding carboxylic acids is 1. The molecule has 0 saturated carbocycles. The molecule has 1 aliphatic rings. The summed E-state index contributed by atoms with van der Waals surface area (Å²) in [5, 5.41) is 18.1. The molecule has 168 valence electrons. The number of carboxylic acids is 2. The van der Waals surface area contributed by atoms with E-state index in [-0.39, 0.29) is 25.8 Å². The first-order valence-electron chi connectivity index (χ1n) is 8.02. The quantitative estimate of drug-likeness (QED) is 0.214. The Labute approximate surface area is 169 Å². The van der Waals surface area contributed by atoms with Crippen LogP contribution in [0.2, 0.25) is 0 Å². The summed E-state index contributed by atoms with van der Waals surface area (Å²) in [5.74, 6) is -5.89. The number of hydrogen-bond donors (Lipinski definition) is 3. The van der Waals surface area contributed by atoms with E-state index in [0.29, 0.717) is 11.5 Å². The normalized spacial score (nSPS) is 19.1. The van der Waals surface area contributed by atoms with Gasteiger partial charge in [0.2, 0.25) is 5.91 Å². The van der Waals surface area contributed by atoms with Crippen LogP contribution in [0.4, 0.5) is 26.3 Å². The molecule has 0 bridgehead atoms. The van der Waals surface area contributed by atoms with Crippen molar-refractivity contribution in [3.8, 4) is 0 Å². The summed E-state index contributed by atoms with van der Waals surface area (Å²) in [6.07, 6.45) is -6.35. The lowest BCUT2D eigenvalue weighted by atomic mass is 9.82. The minimum absolute atomic E-state index is 0.0612. The topological polar surface area (TPSA) is 104 Å². The molecule has 0 aromatic heterocycles. The van der Waals surface area contributed by atoms with Crippen LogP contribution >= 0.6 is 21.6 Å². The minimum Gasteiger partial charge on any atom is -0.481 e. The summed E-state index contributed by atoms with van der Waals surface area (Å²) in [6, 6.07) is 0. The largest absolute Gasteiger partial charge is 0.490 e. The number of hydrogen-bond acceptors (Lipinski definition) is 5. The molecule has 29 heavy (non-hydrogen) atoms. The third-order valence-electron chi connectivity index (χ3n) is 3.40. The van der Waals surface area contributed by atoms with Gasteiger partial charge in [0.1, 0.15) is 0 Å². The molecule has 6 nitrogen and oxygen atoms in total. The monoisotopic (exact) mass is 471 g/mol. The van der Waals surface area contributed by atoms with Crippen molar-refractivity contribution >= 4 is 39.4 Å². The predicted octanol–water partition coefficient (Wildman–Crippen LogP) is 3.74. The van der Waals surface area contributed by atoms with E-state index in [2.05, 4.69) is 5.32 Å². The van der Waals surface area contributed by atoms with Gasteiger partial charge in [0, 0.05) is 18.1 Å². The van der Waals surface area contributed by atoms with Crippen LogP contribution in [0, 0.1) is 11.8 Å². The molecule has 0 fully saturated rings. The maximum Gasteiger partial charge on any atom is 0.490 e. The van der Waals surface area contributed by atoms with Crippen molar-refractivity contribution in [2.75, 3.05) is 18.1 Å². The molecule has 1 rings (SSSR count). The van der Waals surface area contributed by atoms with Crippen LogP contribution in [0.5, 0.6) is 0 Å². The fourth-order valence-corrected chi connectivity index (χ4v) is 3.95. The number of amides is 1. The molecule has 0 heterocycles. The van der Waals surface area contributed by atoms with Gasteiger partial charge in [0.05, 0.1) is 18.3 Å². The molecule has 0 aromatic rings. The third kappa shape index (κ3) is 12.6. The number of rotatable bonds is 8. The second-order valence-corrected chi connectivity index (χ2v) is 8.28. The number of alkyl halides is 6. The first-order chi connectivity index (χ1) is 13.3. The van der Waals surface area contributed by atoms with Crippen LogP contribution in [-0.4, -0.2) is 58.5 Å². The Morgan fingerprint density at radius 2 is 1.48 bits per heavy atom. The van der Waals surface area contributed by atoms with Gasteiger partial charge in [-0.15, -0.1) is 0 Å². The summed E-state index contributed by atoms with van der Waals surface area (Å²) in [5.41, 5.74) is 0. The lowest BCUT2D eigenvalue weighted by molar-refractivity contribution is -0.192. The van der Waals surface area contributed by atoms with Gasteiger partial charge in [-0.3, -0.25) is 9.59 Å². The van der Waals surface area contributed by atoms with Crippen LogP contribution in [0.15, 0.2) is 12.2 Å². The zero-order chi connectivity index (χ0) is 22.7. The zero-order valence-corrected chi connectivity index (χ0v) is 16.4. The van der Waals surface area contributed by atoms with Crippen LogP contribution in [0.25, 0.3) is 0 Å². The second-order valence-electron chi connectivity index (χ2n) is 5.58. The van der Waals surface area contributed by atoms with E-state index in [1.165, 1.54) is 27.7 Å². The van der Waals surface area contributed by atoms with Crippen LogP contribution in [-0.2, 0) is 14.4 Å². The van der Waals surface area contributed by atoms with Gasteiger partial charge in [-0.05, 0) is 12.8 Å². The Hall–Kier alpha value is -1.57. The van der Waals surface area contributed by atoms with E-state index in [0.717, 1.165) is 0 Å². The molecule has 0 aliphatic heterocycles. The molecular formula is C15H19F6NO5S2. The Kier molecular flexibility index (Phi) is 12.2. The highest BCUT2D eigenvalue weighted by atomic mass is 33.1. The Balaban J connectivity index is 0.000000956. The standard InChI is InChI=1S/C13H18F3NO3S2.C2HF3O2/c14-13(15,16)10-4-2-1-3-9(10)12(20)17-6-8-22-21-7-5-11(18)19;3-2(4,5)1(6)7/h1-2,9-10H,3-8H2,(H,17,20)(H,18,19);(H,6,7)/t9-,10-;/m1./s1. The van der Waals surface area contributed by atoms with Crippen molar-refractivity contribution in [1.82, 2.24) is 5.32 Å². The van der Waals surface area contributed by atoms with Gasteiger partial charge >= 0.3 is 24.3 Å². The van der Waals surface area contributed by atoms with Gasteiger partial charge in [-0.2, -0.15) is 26.3 Å². The molecule has 0 spiro atoms. The van der Waals surface area contributed by atoms with Crippen LogP contribution < -0.4 is 5.32 Å². The van der Waals surface area contributed by atoms with Gasteiger partial charge in [-0.25, -0.2) is 4.79 Å². The number of aliphatic carboxylic acids is 2. The molecule has 0 radical (unpaired) electrons. The van der Waals surface area contributed by atoms with Gasteiger partial charge in [0.15, 0.2) is 0 Å². The van der Waals surface area contributed by atoms with Gasteiger partial charge in [-0.1, -0.05) is 33.7 Å². The average Bonchev–Trinajstić information content (AvgIpc) is 2.59. The Morgan fingerprint density at radius 1 is 0.966 bits per heavy atom. The minimum atomic E-state index is -5.08. The van der Waals surface area contributed by atoms with E-state index in [4.69, 9.17) is 15.0 Å². The maximum absolute atomic E-state index is 12.9. The fraction of sp³-hybridized carbons (Fsp3) is 0.667. The summed E-state index contributed by atoms with van der Waals surface area (Å²) < 4.78 is 70.4. The SMILES string of the molecule is O=C(O)C(F)(F)F.O=C(O)CCSSCCNC(=O)[C@@H]1CC=CC[C@H]1C(F)(F)F. The second kappa shape index (κ2) is 12.9. The molecular weight excluding hydrogens is 452 g/mol. The zero-order valence-electron chi connectivity index (χ0n) is 14.8. The smallest absolute Gasteiger partial charge is 0.481 e. The molecule has 0 saturated heterocycles. The van der Waals surface area contributed by atoms with Crippen molar-refractivity contribution in [2.24, 2.45) is 11.8 Å². The lowest BCUT2D eigenvalue weighted by Crippen LogP contribution is -2.42. The maximum atomic E-state index is 12.9. The molecule has 1 aliphatic carbocycles. The third-order valence-corrected chi connectivity index (χ3v) is 5.81.